The molecule has 0 aliphatic rings. The highest BCUT2D eigenvalue weighted by molar-refractivity contribution is 5.72. The molecule has 0 unspecified atom stereocenters. The lowest BCUT2D eigenvalue weighted by molar-refractivity contribution is 0.305. The van der Waals surface area contributed by atoms with E-state index >= 15 is 0 Å². The van der Waals surface area contributed by atoms with Gasteiger partial charge in [0.15, 0.2) is 17.0 Å². The summed E-state index contributed by atoms with van der Waals surface area (Å²) in [5.74, 6) is 11.5. The number of hydrogen-bond donors (Lipinski definition) is 2. The first-order valence-electron chi connectivity index (χ1n) is 6.29. The lowest BCUT2D eigenvalue weighted by atomic mass is 10.4. The van der Waals surface area contributed by atoms with Crippen LogP contribution in [-0.4, -0.2) is 30.8 Å². The zero-order valence-corrected chi connectivity index (χ0v) is 11.7. The largest absolute Gasteiger partial charge is 0.395 e. The van der Waals surface area contributed by atoms with Gasteiger partial charge in [-0.25, -0.2) is 9.78 Å². The van der Waals surface area contributed by atoms with Gasteiger partial charge >= 0.3 is 5.69 Å². The number of nitrogens with one attached hydrogen (secondary N) is 1. The maximum Gasteiger partial charge on any atom is 0.329 e. The van der Waals surface area contributed by atoms with E-state index in [4.69, 9.17) is 5.11 Å². The van der Waals surface area contributed by atoms with Gasteiger partial charge in [0.1, 0.15) is 0 Å². The van der Waals surface area contributed by atoms with Gasteiger partial charge in [-0.2, -0.15) is 0 Å². The third kappa shape index (κ3) is 2.73. The van der Waals surface area contributed by atoms with Gasteiger partial charge in [-0.15, -0.1) is 5.92 Å². The first-order valence-corrected chi connectivity index (χ1v) is 6.29. The highest BCUT2D eigenvalue weighted by Crippen LogP contribution is 2.09. The maximum absolute atomic E-state index is 12.0. The minimum Gasteiger partial charge on any atom is -0.395 e. The highest BCUT2D eigenvalue weighted by Gasteiger charge is 2.15. The van der Waals surface area contributed by atoms with E-state index in [0.29, 0.717) is 12.2 Å². The molecule has 21 heavy (non-hydrogen) atoms. The van der Waals surface area contributed by atoms with Crippen molar-refractivity contribution in [1.82, 2.24) is 19.1 Å². The molecular weight excluding hydrogens is 272 g/mol. The van der Waals surface area contributed by atoms with Crippen molar-refractivity contribution in [2.45, 2.75) is 19.9 Å². The van der Waals surface area contributed by atoms with E-state index in [9.17, 15) is 9.59 Å². The van der Waals surface area contributed by atoms with E-state index in [0.717, 1.165) is 0 Å². The van der Waals surface area contributed by atoms with Crippen molar-refractivity contribution in [2.24, 2.45) is 7.05 Å². The molecule has 108 valence electrons. The summed E-state index contributed by atoms with van der Waals surface area (Å²) in [7, 11) is 1.52. The van der Waals surface area contributed by atoms with Crippen LogP contribution in [0.1, 0.15) is 19.2 Å². The van der Waals surface area contributed by atoms with E-state index in [1.54, 1.807) is 11.5 Å². The predicted molar refractivity (Wildman–Crippen MR) is 77.6 cm³/mol. The highest BCUT2D eigenvalue weighted by atomic mass is 16.2. The van der Waals surface area contributed by atoms with Gasteiger partial charge in [0.25, 0.3) is 5.56 Å². The minimum atomic E-state index is -0.534. The van der Waals surface area contributed by atoms with Crippen LogP contribution < -0.4 is 11.2 Å². The zero-order chi connectivity index (χ0) is 15.4. The molecule has 0 radical (unpaired) electrons. The minimum absolute atomic E-state index is 0.0545. The topological polar surface area (TPSA) is 92.9 Å². The van der Waals surface area contributed by atoms with E-state index in [1.165, 1.54) is 11.6 Å². The fraction of sp³-hybridized carbons (Fsp3) is 0.357. The molecule has 0 spiro atoms. The number of hydrogen-bond acceptors (Lipinski definition) is 4. The molecule has 0 aromatic carbocycles. The first-order chi connectivity index (χ1) is 10.1. The smallest absolute Gasteiger partial charge is 0.329 e. The number of rotatable bonds is 2. The standard InChI is InChI=1S/C14H14N4O3/c1-3-4-8-18-10(7-5-6-9-19)15-12-11(18)13(20)16-14(21)17(12)2/h19H,6,8-9H2,1-2H3,(H,16,20,21). The number of aliphatic hydroxyl groups is 1. The molecule has 2 aromatic heterocycles. The second-order valence-electron chi connectivity index (χ2n) is 4.21. The van der Waals surface area contributed by atoms with Crippen LogP contribution in [0.3, 0.4) is 0 Å². The summed E-state index contributed by atoms with van der Waals surface area (Å²) in [6.07, 6.45) is 0.304. The molecular formula is C14H14N4O3. The molecule has 0 saturated carbocycles. The molecule has 0 aliphatic carbocycles. The number of H-pyrrole nitrogens is 1. The van der Waals surface area contributed by atoms with Crippen LogP contribution in [0.4, 0.5) is 0 Å². The van der Waals surface area contributed by atoms with Gasteiger partial charge in [-0.1, -0.05) is 11.8 Å². The Morgan fingerprint density at radius 1 is 1.33 bits per heavy atom. The van der Waals surface area contributed by atoms with Crippen molar-refractivity contribution in [3.05, 3.63) is 26.7 Å². The third-order valence-electron chi connectivity index (χ3n) is 2.86. The van der Waals surface area contributed by atoms with Crippen LogP contribution >= 0.6 is 0 Å². The Balaban J connectivity index is 2.79. The van der Waals surface area contributed by atoms with Gasteiger partial charge < -0.3 is 5.11 Å². The second-order valence-corrected chi connectivity index (χ2v) is 4.21. The van der Waals surface area contributed by atoms with E-state index in [2.05, 4.69) is 33.6 Å². The zero-order valence-electron chi connectivity index (χ0n) is 11.7. The van der Waals surface area contributed by atoms with Gasteiger partial charge in [-0.3, -0.25) is 18.9 Å². The Kier molecular flexibility index (Phi) is 4.27. The molecule has 2 aromatic rings. The molecule has 0 fully saturated rings. The Morgan fingerprint density at radius 2 is 2.10 bits per heavy atom. The monoisotopic (exact) mass is 286 g/mol. The van der Waals surface area contributed by atoms with E-state index in [-0.39, 0.29) is 24.3 Å². The summed E-state index contributed by atoms with van der Waals surface area (Å²) >= 11 is 0. The van der Waals surface area contributed by atoms with Crippen LogP contribution in [0.2, 0.25) is 0 Å². The van der Waals surface area contributed by atoms with Gasteiger partial charge in [0, 0.05) is 13.5 Å². The molecule has 0 amide bonds. The van der Waals surface area contributed by atoms with Crippen molar-refractivity contribution in [1.29, 1.82) is 0 Å². The molecule has 2 N–H and O–H groups in total. The molecule has 0 bridgehead atoms. The average Bonchev–Trinajstić information content (AvgIpc) is 2.82. The van der Waals surface area contributed by atoms with Crippen LogP contribution in [0.15, 0.2) is 9.59 Å². The summed E-state index contributed by atoms with van der Waals surface area (Å²) in [6.45, 7) is 1.88. The van der Waals surface area contributed by atoms with Crippen molar-refractivity contribution < 1.29 is 5.11 Å². The van der Waals surface area contributed by atoms with E-state index < -0.39 is 11.2 Å². The summed E-state index contributed by atoms with van der Waals surface area (Å²) in [4.78, 5) is 30.1. The van der Waals surface area contributed by atoms with Crippen molar-refractivity contribution in [3.63, 3.8) is 0 Å². The van der Waals surface area contributed by atoms with Crippen LogP contribution in [-0.2, 0) is 13.6 Å². The van der Waals surface area contributed by atoms with Gasteiger partial charge in [0.2, 0.25) is 0 Å². The molecule has 7 nitrogen and oxygen atoms in total. The van der Waals surface area contributed by atoms with Crippen LogP contribution in [0.5, 0.6) is 0 Å². The quantitative estimate of drug-likeness (QED) is 0.706. The van der Waals surface area contributed by atoms with Crippen molar-refractivity contribution in [2.75, 3.05) is 6.61 Å². The van der Waals surface area contributed by atoms with Crippen LogP contribution in [0, 0.1) is 23.7 Å². The Morgan fingerprint density at radius 3 is 2.76 bits per heavy atom. The van der Waals surface area contributed by atoms with Gasteiger partial charge in [-0.05, 0) is 12.8 Å². The fourth-order valence-corrected chi connectivity index (χ4v) is 1.84. The summed E-state index contributed by atoms with van der Waals surface area (Å²) in [5, 5.41) is 8.77. The Bertz CT molecular complexity index is 910. The lowest BCUT2D eigenvalue weighted by Crippen LogP contribution is -2.29. The SMILES string of the molecule is CC#CCn1c(C#CCCO)nc2c1c(=O)[nH]c(=O)n2C. The van der Waals surface area contributed by atoms with Gasteiger partial charge in [0.05, 0.1) is 13.2 Å². The van der Waals surface area contributed by atoms with E-state index in [1.807, 2.05) is 0 Å². The maximum atomic E-state index is 12.0. The second kappa shape index (κ2) is 6.12. The number of aromatic amines is 1. The van der Waals surface area contributed by atoms with Crippen LogP contribution in [0.25, 0.3) is 11.2 Å². The summed E-state index contributed by atoms with van der Waals surface area (Å²) in [5.41, 5.74) is -0.537. The molecule has 7 heteroatoms. The summed E-state index contributed by atoms with van der Waals surface area (Å²) < 4.78 is 2.82. The van der Waals surface area contributed by atoms with Crippen molar-refractivity contribution in [3.8, 4) is 23.7 Å². The fourth-order valence-electron chi connectivity index (χ4n) is 1.84. The number of fused-ring (bicyclic) bond motifs is 1. The lowest BCUT2D eigenvalue weighted by Gasteiger charge is -2.00. The first kappa shape index (κ1) is 14.6. The Hall–Kier alpha value is -2.77. The molecule has 2 heterocycles. The number of aliphatic hydroxyl groups excluding tert-OH is 1. The predicted octanol–water partition coefficient (Wildman–Crippen LogP) is -0.819. The Labute approximate surface area is 120 Å². The normalized spacial score (nSPS) is 9.86. The number of imidazole rings is 1. The van der Waals surface area contributed by atoms with Crippen molar-refractivity contribution >= 4 is 11.2 Å². The molecule has 0 saturated heterocycles. The molecule has 2 rings (SSSR count). The number of aromatic nitrogens is 4. The number of aryl methyl sites for hydroxylation is 1. The average molecular weight is 286 g/mol. The third-order valence-corrected chi connectivity index (χ3v) is 2.86. The molecule has 0 aliphatic heterocycles. The molecule has 0 atom stereocenters. The number of nitrogens with zero attached hydrogens (tertiary/aromatic N) is 3. The summed E-state index contributed by atoms with van der Waals surface area (Å²) in [6, 6.07) is 0.